The predicted molar refractivity (Wildman–Crippen MR) is 59.7 cm³/mol. The van der Waals surface area contributed by atoms with Crippen LogP contribution in [0.4, 0.5) is 0 Å². The van der Waals surface area contributed by atoms with E-state index in [9.17, 15) is 9.59 Å². The molecule has 0 radical (unpaired) electrons. The Morgan fingerprint density at radius 2 is 1.69 bits per heavy atom. The highest BCUT2D eigenvalue weighted by molar-refractivity contribution is 6.37. The van der Waals surface area contributed by atoms with Crippen LogP contribution in [0.3, 0.4) is 0 Å². The van der Waals surface area contributed by atoms with E-state index >= 15 is 0 Å². The fourth-order valence-corrected chi connectivity index (χ4v) is 2.03. The van der Waals surface area contributed by atoms with Gasteiger partial charge in [-0.3, -0.25) is 14.5 Å². The Morgan fingerprint density at radius 1 is 1.00 bits per heavy atom. The summed E-state index contributed by atoms with van der Waals surface area (Å²) >= 11 is 0. The summed E-state index contributed by atoms with van der Waals surface area (Å²) in [4.78, 5) is 26.1. The quantitative estimate of drug-likeness (QED) is 0.481. The number of Topliss-reactive ketones (excluding diaryl/α,β-unsaturated/α-hetero) is 1. The lowest BCUT2D eigenvalue weighted by molar-refractivity contribution is -0.139. The molecule has 4 nitrogen and oxygen atoms in total. The summed E-state index contributed by atoms with van der Waals surface area (Å²) in [7, 11) is 0. The van der Waals surface area contributed by atoms with Gasteiger partial charge in [-0.25, -0.2) is 0 Å². The third-order valence-corrected chi connectivity index (χ3v) is 3.03. The van der Waals surface area contributed by atoms with E-state index in [0.717, 1.165) is 19.6 Å². The van der Waals surface area contributed by atoms with Crippen LogP contribution in [0.1, 0.15) is 19.3 Å². The van der Waals surface area contributed by atoms with Gasteiger partial charge in [0.25, 0.3) is 5.91 Å². The summed E-state index contributed by atoms with van der Waals surface area (Å²) in [5.41, 5.74) is 0. The molecule has 0 aromatic heterocycles. The largest absolute Gasteiger partial charge is 0.325 e. The smallest absolute Gasteiger partial charge is 0.290 e. The molecule has 0 aromatic carbocycles. The van der Waals surface area contributed by atoms with Crippen molar-refractivity contribution in [3.8, 4) is 11.8 Å². The minimum Gasteiger partial charge on any atom is -0.325 e. The van der Waals surface area contributed by atoms with Crippen molar-refractivity contribution < 1.29 is 9.59 Å². The fourth-order valence-electron chi connectivity index (χ4n) is 2.03. The van der Waals surface area contributed by atoms with E-state index in [1.165, 1.54) is 17.7 Å². The molecule has 0 N–H and O–H groups in total. The standard InChI is InChI=1S/C12H16N2O2/c15-11-5-10-14(12(11)16)9-4-3-8-13-6-1-2-7-13/h1-2,5-10H2. The highest BCUT2D eigenvalue weighted by atomic mass is 16.2. The number of hydrogen-bond donors (Lipinski definition) is 0. The second kappa shape index (κ2) is 5.13. The molecule has 1 amide bonds. The zero-order valence-electron chi connectivity index (χ0n) is 9.37. The highest BCUT2D eigenvalue weighted by Crippen LogP contribution is 2.06. The number of carbonyl (C=O) groups is 2. The molecule has 0 bridgehead atoms. The summed E-state index contributed by atoms with van der Waals surface area (Å²) in [5.74, 6) is 5.38. The van der Waals surface area contributed by atoms with Crippen LogP contribution in [0.15, 0.2) is 0 Å². The third kappa shape index (κ3) is 2.61. The van der Waals surface area contributed by atoms with Crippen molar-refractivity contribution in [1.29, 1.82) is 0 Å². The van der Waals surface area contributed by atoms with Gasteiger partial charge >= 0.3 is 0 Å². The Labute approximate surface area is 95.6 Å². The van der Waals surface area contributed by atoms with E-state index in [4.69, 9.17) is 0 Å². The lowest BCUT2D eigenvalue weighted by atomic mass is 10.3. The maximum atomic E-state index is 11.3. The zero-order valence-corrected chi connectivity index (χ0v) is 9.37. The number of rotatable bonds is 2. The fraction of sp³-hybridized carbons (Fsp3) is 0.667. The molecule has 2 heterocycles. The van der Waals surface area contributed by atoms with Crippen LogP contribution in [0.2, 0.25) is 0 Å². The third-order valence-electron chi connectivity index (χ3n) is 3.03. The van der Waals surface area contributed by atoms with Crippen molar-refractivity contribution in [3.05, 3.63) is 0 Å². The van der Waals surface area contributed by atoms with E-state index in [1.54, 1.807) is 0 Å². The molecule has 16 heavy (non-hydrogen) atoms. The van der Waals surface area contributed by atoms with E-state index < -0.39 is 0 Å². The lowest BCUT2D eigenvalue weighted by Gasteiger charge is -2.10. The van der Waals surface area contributed by atoms with Crippen LogP contribution in [0.5, 0.6) is 0 Å². The first-order valence-electron chi connectivity index (χ1n) is 5.77. The number of hydrogen-bond acceptors (Lipinski definition) is 3. The minimum absolute atomic E-state index is 0.277. The maximum Gasteiger partial charge on any atom is 0.290 e. The van der Waals surface area contributed by atoms with E-state index in [1.807, 2.05) is 0 Å². The molecule has 2 aliphatic heterocycles. The minimum atomic E-state index is -0.365. The second-order valence-electron chi connectivity index (χ2n) is 4.24. The van der Waals surface area contributed by atoms with Crippen molar-refractivity contribution in [3.63, 3.8) is 0 Å². The van der Waals surface area contributed by atoms with Gasteiger partial charge in [-0.2, -0.15) is 0 Å². The van der Waals surface area contributed by atoms with Gasteiger partial charge in [-0.15, -0.1) is 0 Å². The highest BCUT2D eigenvalue weighted by Gasteiger charge is 2.28. The predicted octanol–water partition coefficient (Wildman–Crippen LogP) is -0.113. The first-order valence-corrected chi connectivity index (χ1v) is 5.77. The molecule has 2 aliphatic rings. The SMILES string of the molecule is O=C1CCN(CC#CCN2CCCC2)C1=O. The van der Waals surface area contributed by atoms with Gasteiger partial charge in [-0.05, 0) is 25.9 Å². The van der Waals surface area contributed by atoms with Crippen LogP contribution in [-0.4, -0.2) is 54.2 Å². The molecular formula is C12H16N2O2. The average Bonchev–Trinajstić information content (AvgIpc) is 2.88. The maximum absolute atomic E-state index is 11.3. The molecule has 86 valence electrons. The van der Waals surface area contributed by atoms with Gasteiger partial charge in [0.1, 0.15) is 0 Å². The Morgan fingerprint density at radius 3 is 2.31 bits per heavy atom. The first kappa shape index (κ1) is 11.2. The molecule has 0 saturated carbocycles. The van der Waals surface area contributed by atoms with Crippen LogP contribution < -0.4 is 0 Å². The normalized spacial score (nSPS) is 21.4. The van der Waals surface area contributed by atoms with Crippen LogP contribution in [0.25, 0.3) is 0 Å². The molecule has 0 unspecified atom stereocenters. The molecular weight excluding hydrogens is 204 g/mol. The molecule has 0 atom stereocenters. The van der Waals surface area contributed by atoms with Crippen molar-refractivity contribution >= 4 is 11.7 Å². The Hall–Kier alpha value is -1.34. The van der Waals surface area contributed by atoms with Gasteiger partial charge < -0.3 is 4.90 Å². The van der Waals surface area contributed by atoms with E-state index in [-0.39, 0.29) is 11.7 Å². The van der Waals surface area contributed by atoms with E-state index in [2.05, 4.69) is 16.7 Å². The second-order valence-corrected chi connectivity index (χ2v) is 4.24. The monoisotopic (exact) mass is 220 g/mol. The van der Waals surface area contributed by atoms with Crippen molar-refractivity contribution in [2.75, 3.05) is 32.7 Å². The summed E-state index contributed by atoms with van der Waals surface area (Å²) in [6, 6.07) is 0. The van der Waals surface area contributed by atoms with Crippen LogP contribution in [-0.2, 0) is 9.59 Å². The summed E-state index contributed by atoms with van der Waals surface area (Å²) in [6.07, 6.45) is 2.88. The number of carbonyl (C=O) groups excluding carboxylic acids is 2. The summed E-state index contributed by atoms with van der Waals surface area (Å²) in [6.45, 7) is 4.00. The molecule has 4 heteroatoms. The van der Waals surface area contributed by atoms with Crippen molar-refractivity contribution in [2.24, 2.45) is 0 Å². The van der Waals surface area contributed by atoms with Gasteiger partial charge in [0, 0.05) is 13.0 Å². The summed E-state index contributed by atoms with van der Waals surface area (Å²) in [5, 5.41) is 0. The van der Waals surface area contributed by atoms with Crippen molar-refractivity contribution in [2.45, 2.75) is 19.3 Å². The van der Waals surface area contributed by atoms with Crippen LogP contribution >= 0.6 is 0 Å². The average molecular weight is 220 g/mol. The molecule has 2 fully saturated rings. The number of likely N-dealkylation sites (tertiary alicyclic amines) is 2. The van der Waals surface area contributed by atoms with Gasteiger partial charge in [0.15, 0.2) is 0 Å². The molecule has 0 aromatic rings. The first-order chi connectivity index (χ1) is 7.77. The lowest BCUT2D eigenvalue weighted by Crippen LogP contribution is -2.27. The molecule has 0 spiro atoms. The van der Waals surface area contributed by atoms with Gasteiger partial charge in [-0.1, -0.05) is 11.8 Å². The van der Waals surface area contributed by atoms with Gasteiger partial charge in [0.05, 0.1) is 13.1 Å². The zero-order chi connectivity index (χ0) is 11.4. The molecule has 2 saturated heterocycles. The Balaban J connectivity index is 1.72. The number of amides is 1. The Kier molecular flexibility index (Phi) is 3.58. The number of ketones is 1. The molecule has 0 aliphatic carbocycles. The summed E-state index contributed by atoms with van der Waals surface area (Å²) < 4.78 is 0. The van der Waals surface area contributed by atoms with Crippen LogP contribution in [0, 0.1) is 11.8 Å². The molecule has 2 rings (SSSR count). The van der Waals surface area contributed by atoms with E-state index in [0.29, 0.717) is 19.5 Å². The van der Waals surface area contributed by atoms with Crippen molar-refractivity contribution in [1.82, 2.24) is 9.80 Å². The Bertz CT molecular complexity index is 348. The van der Waals surface area contributed by atoms with Gasteiger partial charge in [0.2, 0.25) is 5.78 Å². The topological polar surface area (TPSA) is 40.6 Å². The number of nitrogens with zero attached hydrogens (tertiary/aromatic N) is 2.